The van der Waals surface area contributed by atoms with Crippen molar-refractivity contribution in [2.24, 2.45) is 0 Å². The molecule has 1 fully saturated rings. The van der Waals surface area contributed by atoms with Gasteiger partial charge in [0.25, 0.3) is 0 Å². The molecule has 0 bridgehead atoms. The van der Waals surface area contributed by atoms with Gasteiger partial charge in [-0.15, -0.1) is 0 Å². The van der Waals surface area contributed by atoms with Crippen LogP contribution in [0, 0.1) is 40.5 Å². The third kappa shape index (κ3) is 18.0. The van der Waals surface area contributed by atoms with E-state index in [1.165, 1.54) is 26.4 Å². The van der Waals surface area contributed by atoms with E-state index >= 15 is 0 Å². The predicted octanol–water partition coefficient (Wildman–Crippen LogP) is 0.955. The van der Waals surface area contributed by atoms with Crippen LogP contribution in [0.4, 0.5) is 0 Å². The van der Waals surface area contributed by atoms with Gasteiger partial charge in [-0.3, -0.25) is 64.4 Å². The van der Waals surface area contributed by atoms with Crippen LogP contribution < -0.4 is 9.47 Å². The number of ether oxygens (including phenoxy) is 7. The summed E-state index contributed by atoms with van der Waals surface area (Å²) in [5.41, 5.74) is 1.02. The monoisotopic (exact) mass is 868 g/mol. The van der Waals surface area contributed by atoms with Crippen molar-refractivity contribution in [3.8, 4) is 17.2 Å². The summed E-state index contributed by atoms with van der Waals surface area (Å²) >= 11 is 0. The number of aliphatic hydroxyl groups excluding tert-OH is 1. The average molecular weight is 869 g/mol. The second-order valence-corrected chi connectivity index (χ2v) is 12.2. The van der Waals surface area contributed by atoms with E-state index in [1.807, 2.05) is 30.3 Å². The number of nitrogens with zero attached hydrogens (tertiary/aromatic N) is 4. The van der Waals surface area contributed by atoms with Gasteiger partial charge in [0.1, 0.15) is 61.2 Å². The van der Waals surface area contributed by atoms with Crippen LogP contribution in [-0.2, 0) is 42.9 Å². The minimum Gasteiger partial charge on any atom is -0.507 e. The number of hydrogen-bond acceptors (Lipinski definition) is 22. The molecule has 26 heteroatoms. The maximum atomic E-state index is 12.3. The molecule has 5 atom stereocenters. The highest BCUT2D eigenvalue weighted by atomic mass is 16.7. The second kappa shape index (κ2) is 25.2. The number of benzene rings is 2. The maximum Gasteiger partial charge on any atom is 0.313 e. The normalized spacial score (nSPS) is 18.0. The fourth-order valence-electron chi connectivity index (χ4n) is 4.96. The van der Waals surface area contributed by atoms with Gasteiger partial charge in [0.2, 0.25) is 26.2 Å². The topological polar surface area (TPSA) is 363 Å². The van der Waals surface area contributed by atoms with Gasteiger partial charge in [-0.25, -0.2) is 0 Å². The van der Waals surface area contributed by atoms with E-state index in [0.29, 0.717) is 5.75 Å². The average Bonchev–Trinajstić information content (AvgIpc) is 3.21. The number of methoxy groups -OCH3 is 2. The molecule has 1 aliphatic heterocycles. The van der Waals surface area contributed by atoms with Crippen molar-refractivity contribution in [3.05, 3.63) is 100 Å². The molecule has 0 spiro atoms. The molecule has 0 aliphatic carbocycles. The van der Waals surface area contributed by atoms with E-state index < -0.39 is 133 Å². The zero-order valence-electron chi connectivity index (χ0n) is 32.3. The van der Waals surface area contributed by atoms with Crippen LogP contribution in [0.2, 0.25) is 0 Å². The van der Waals surface area contributed by atoms with Gasteiger partial charge in [-0.05, 0) is 11.6 Å². The molecule has 5 unspecified atom stereocenters. The van der Waals surface area contributed by atoms with E-state index in [2.05, 4.69) is 0 Å². The van der Waals surface area contributed by atoms with Gasteiger partial charge in [0.15, 0.2) is 30.4 Å². The lowest BCUT2D eigenvalue weighted by molar-refractivity contribution is -0.479. The van der Waals surface area contributed by atoms with Crippen LogP contribution in [0.15, 0.2) is 48.5 Å². The SMILES string of the molecule is COc1cc(O)c(C(=O)C=Cc2ccccc2)c(OC)c1.O=C(CC[N+](=O)[O-])OCC1OC(O)C(OC(=O)CC[N+](=O)[O-])C(OC(=O)CC[N+](=O)[O-])C1OC(=O)CC[N+](=O)[O-]. The highest BCUT2D eigenvalue weighted by Gasteiger charge is 2.52. The van der Waals surface area contributed by atoms with Crippen LogP contribution >= 0.6 is 0 Å². The summed E-state index contributed by atoms with van der Waals surface area (Å²) < 4.78 is 35.3. The Bertz CT molecular complexity index is 1920. The maximum absolute atomic E-state index is 12.3. The highest BCUT2D eigenvalue weighted by molar-refractivity contribution is 6.10. The molecule has 0 radical (unpaired) electrons. The highest BCUT2D eigenvalue weighted by Crippen LogP contribution is 2.34. The Labute approximate surface area is 343 Å². The second-order valence-electron chi connectivity index (χ2n) is 12.2. The predicted molar refractivity (Wildman–Crippen MR) is 198 cm³/mol. The smallest absolute Gasteiger partial charge is 0.313 e. The largest absolute Gasteiger partial charge is 0.507 e. The van der Waals surface area contributed by atoms with E-state index in [9.17, 15) is 74.6 Å². The number of aromatic hydroxyl groups is 1. The summed E-state index contributed by atoms with van der Waals surface area (Å²) in [7, 11) is 2.91. The minimum atomic E-state index is -2.22. The molecule has 1 saturated heterocycles. The Morgan fingerprint density at radius 1 is 0.689 bits per heavy atom. The molecule has 0 amide bonds. The van der Waals surface area contributed by atoms with Crippen molar-refractivity contribution in [1.29, 1.82) is 0 Å². The molecule has 1 aliphatic rings. The van der Waals surface area contributed by atoms with Crippen LogP contribution in [0.5, 0.6) is 17.2 Å². The first-order valence-electron chi connectivity index (χ1n) is 17.6. The molecule has 2 aromatic carbocycles. The van der Waals surface area contributed by atoms with Crippen LogP contribution in [0.1, 0.15) is 41.6 Å². The molecular formula is C35H40N4O22. The van der Waals surface area contributed by atoms with E-state index in [1.54, 1.807) is 12.1 Å². The zero-order chi connectivity index (χ0) is 45.6. The first-order chi connectivity index (χ1) is 28.8. The standard InChI is InChI=1S/C18H24N4O18.C17H16O4/c23-11(1-5-19(28)29)36-9-10-15(38-12(24)2-6-20(30)31)16(39-13(25)3-7-21(32)33)17(18(27)37-10)40-14(26)4-8-22(34)35;1-20-13-10-15(19)17(16(11-13)21-2)14(18)9-8-12-6-4-3-5-7-12/h10,15-18,27H,1-9H2;3-11,19H,1-2H3. The summed E-state index contributed by atoms with van der Waals surface area (Å²) in [5, 5.41) is 62.7. The first kappa shape index (κ1) is 49.8. The summed E-state index contributed by atoms with van der Waals surface area (Å²) in [6.07, 6.45) is -10.1. The molecule has 0 aromatic heterocycles. The molecule has 26 nitrogen and oxygen atoms in total. The van der Waals surface area contributed by atoms with Crippen molar-refractivity contribution in [2.45, 2.75) is 56.4 Å². The molecule has 1 heterocycles. The fraction of sp³-hybridized carbons (Fsp3) is 0.457. The van der Waals surface area contributed by atoms with Gasteiger partial charge in [0.05, 0.1) is 14.2 Å². The zero-order valence-corrected chi connectivity index (χ0v) is 32.3. The summed E-state index contributed by atoms with van der Waals surface area (Å²) in [6, 6.07) is 12.4. The Hall–Kier alpha value is -7.35. The molecule has 0 saturated carbocycles. The van der Waals surface area contributed by atoms with Crippen molar-refractivity contribution < 1.29 is 87.0 Å². The Morgan fingerprint density at radius 3 is 1.64 bits per heavy atom. The van der Waals surface area contributed by atoms with E-state index in [4.69, 9.17) is 33.2 Å². The fourth-order valence-corrected chi connectivity index (χ4v) is 4.96. The molecule has 61 heavy (non-hydrogen) atoms. The van der Waals surface area contributed by atoms with Crippen molar-refractivity contribution in [2.75, 3.05) is 47.0 Å². The summed E-state index contributed by atoms with van der Waals surface area (Å²) in [5.74, 6) is -4.88. The number of carbonyl (C=O) groups excluding carboxylic acids is 5. The molecule has 2 aromatic rings. The van der Waals surface area contributed by atoms with Crippen LogP contribution in [0.25, 0.3) is 6.08 Å². The number of allylic oxidation sites excluding steroid dienone is 1. The lowest BCUT2D eigenvalue weighted by Gasteiger charge is -2.42. The number of nitro groups is 4. The van der Waals surface area contributed by atoms with Crippen molar-refractivity contribution in [1.82, 2.24) is 0 Å². The molecule has 3 rings (SSSR count). The Morgan fingerprint density at radius 2 is 1.16 bits per heavy atom. The van der Waals surface area contributed by atoms with Crippen LogP contribution in [0.3, 0.4) is 0 Å². The summed E-state index contributed by atoms with van der Waals surface area (Å²) in [6.45, 7) is -4.46. The number of phenols is 1. The third-order valence-corrected chi connectivity index (χ3v) is 7.80. The molecular weight excluding hydrogens is 828 g/mol. The lowest BCUT2D eigenvalue weighted by atomic mass is 9.98. The number of rotatable bonds is 22. The number of aliphatic hydroxyl groups is 1. The van der Waals surface area contributed by atoms with Gasteiger partial charge >= 0.3 is 23.9 Å². The third-order valence-electron chi connectivity index (χ3n) is 7.80. The lowest BCUT2D eigenvalue weighted by Crippen LogP contribution is -2.62. The van der Waals surface area contributed by atoms with Gasteiger partial charge in [-0.2, -0.15) is 0 Å². The van der Waals surface area contributed by atoms with E-state index in [0.717, 1.165) is 5.56 Å². The van der Waals surface area contributed by atoms with Gasteiger partial charge < -0.3 is 43.4 Å². The molecule has 2 N–H and O–H groups in total. The quantitative estimate of drug-likeness (QED) is 0.0415. The minimum absolute atomic E-state index is 0.116. The molecule has 332 valence electrons. The Kier molecular flexibility index (Phi) is 20.6. The number of ketones is 1. The first-order valence-corrected chi connectivity index (χ1v) is 17.6. The Balaban J connectivity index is 0.000000507. The van der Waals surface area contributed by atoms with Crippen molar-refractivity contribution in [3.63, 3.8) is 0 Å². The van der Waals surface area contributed by atoms with E-state index in [-0.39, 0.29) is 22.8 Å². The number of esters is 4. The van der Waals surface area contributed by atoms with Crippen molar-refractivity contribution >= 4 is 35.7 Å². The van der Waals surface area contributed by atoms with Gasteiger partial charge in [-0.1, -0.05) is 36.4 Å². The number of hydrogen-bond donors (Lipinski definition) is 2. The number of phenolic OH excluding ortho intramolecular Hbond substituents is 1. The number of carbonyl (C=O) groups is 5. The summed E-state index contributed by atoms with van der Waals surface area (Å²) in [4.78, 5) is 99.5. The van der Waals surface area contributed by atoms with Gasteiger partial charge in [0, 0.05) is 31.8 Å². The van der Waals surface area contributed by atoms with Crippen LogP contribution in [-0.4, -0.2) is 137 Å².